The Morgan fingerprint density at radius 3 is 3.04 bits per heavy atom. The maximum atomic E-state index is 5.40. The lowest BCUT2D eigenvalue weighted by atomic mass is 10.0. The fourth-order valence-corrected chi connectivity index (χ4v) is 3.78. The first-order chi connectivity index (χ1) is 11.8. The molecule has 0 amide bonds. The minimum atomic E-state index is 0.338. The molecule has 0 unspecified atom stereocenters. The average molecular weight is 331 g/mol. The number of rotatable bonds is 6. The van der Waals surface area contributed by atoms with Crippen molar-refractivity contribution >= 4 is 0 Å². The number of nitrogens with zero attached hydrogens (tertiary/aromatic N) is 4. The predicted molar refractivity (Wildman–Crippen MR) is 87.5 cm³/mol. The number of aromatic amines is 1. The summed E-state index contributed by atoms with van der Waals surface area (Å²) in [6.45, 7) is 2.35. The molecule has 7 heteroatoms. The van der Waals surface area contributed by atoms with Crippen molar-refractivity contribution in [3.63, 3.8) is 0 Å². The van der Waals surface area contributed by atoms with Crippen molar-refractivity contribution in [1.82, 2.24) is 25.0 Å². The van der Waals surface area contributed by atoms with Crippen LogP contribution in [0.2, 0.25) is 0 Å². The molecule has 24 heavy (non-hydrogen) atoms. The maximum absolute atomic E-state index is 5.40. The smallest absolute Gasteiger partial charge is 0.240 e. The molecule has 0 bridgehead atoms. The van der Waals surface area contributed by atoms with Gasteiger partial charge in [0.15, 0.2) is 5.82 Å². The number of likely N-dealkylation sites (tertiary alicyclic amines) is 1. The van der Waals surface area contributed by atoms with E-state index in [2.05, 4.69) is 20.0 Å². The van der Waals surface area contributed by atoms with Crippen molar-refractivity contribution in [2.45, 2.75) is 57.5 Å². The summed E-state index contributed by atoms with van der Waals surface area (Å²) in [5.74, 6) is 2.53. The highest BCUT2D eigenvalue weighted by molar-refractivity contribution is 5.19. The van der Waals surface area contributed by atoms with E-state index >= 15 is 0 Å². The number of nitrogens with one attached hydrogen (secondary N) is 1. The molecule has 130 valence electrons. The lowest BCUT2D eigenvalue weighted by Crippen LogP contribution is -2.23. The topological polar surface area (TPSA) is 80.1 Å². The van der Waals surface area contributed by atoms with Crippen LogP contribution in [0.4, 0.5) is 0 Å². The van der Waals surface area contributed by atoms with Crippen LogP contribution in [-0.2, 0) is 30.5 Å². The van der Waals surface area contributed by atoms with Crippen molar-refractivity contribution in [3.05, 3.63) is 28.9 Å². The zero-order valence-corrected chi connectivity index (χ0v) is 14.3. The average Bonchev–Trinajstić information content (AvgIpc) is 3.32. The molecule has 1 aliphatic carbocycles. The molecule has 1 N–H and O–H groups in total. The number of fused-ring (bicyclic) bond motifs is 1. The third-order valence-corrected chi connectivity index (χ3v) is 5.03. The molecule has 1 aliphatic heterocycles. The quantitative estimate of drug-likeness (QED) is 0.874. The van der Waals surface area contributed by atoms with Crippen molar-refractivity contribution in [1.29, 1.82) is 0 Å². The van der Waals surface area contributed by atoms with E-state index in [1.165, 1.54) is 30.7 Å². The second kappa shape index (κ2) is 7.03. The molecule has 1 saturated heterocycles. The summed E-state index contributed by atoms with van der Waals surface area (Å²) in [5.41, 5.74) is 2.63. The van der Waals surface area contributed by atoms with Gasteiger partial charge in [-0.25, -0.2) is 4.98 Å². The normalized spacial score (nSPS) is 21.3. The monoisotopic (exact) mass is 331 g/mol. The van der Waals surface area contributed by atoms with E-state index in [9.17, 15) is 0 Å². The number of H-pyrrole nitrogens is 1. The van der Waals surface area contributed by atoms with Crippen LogP contribution in [0, 0.1) is 0 Å². The van der Waals surface area contributed by atoms with Gasteiger partial charge in [0.05, 0.1) is 24.9 Å². The first kappa shape index (κ1) is 15.8. The summed E-state index contributed by atoms with van der Waals surface area (Å²) in [7, 11) is 1.68. The largest absolute Gasteiger partial charge is 0.384 e. The first-order valence-corrected chi connectivity index (χ1v) is 8.95. The van der Waals surface area contributed by atoms with Crippen LogP contribution in [0.5, 0.6) is 0 Å². The lowest BCUT2D eigenvalue weighted by molar-refractivity contribution is 0.198. The van der Waals surface area contributed by atoms with E-state index < -0.39 is 0 Å². The van der Waals surface area contributed by atoms with Gasteiger partial charge in [-0.3, -0.25) is 4.90 Å². The van der Waals surface area contributed by atoms with Crippen LogP contribution in [0.3, 0.4) is 0 Å². The van der Waals surface area contributed by atoms with E-state index in [1.54, 1.807) is 7.11 Å². The molecule has 1 atom stereocenters. The molecule has 3 heterocycles. The van der Waals surface area contributed by atoms with Crippen LogP contribution in [0.15, 0.2) is 4.52 Å². The number of aromatic nitrogens is 4. The number of ether oxygens (including phenoxy) is 1. The van der Waals surface area contributed by atoms with E-state index in [-0.39, 0.29) is 0 Å². The first-order valence-electron chi connectivity index (χ1n) is 8.95. The van der Waals surface area contributed by atoms with E-state index in [1.807, 2.05) is 0 Å². The second-order valence-electron chi connectivity index (χ2n) is 6.73. The van der Waals surface area contributed by atoms with Gasteiger partial charge in [-0.2, -0.15) is 4.98 Å². The summed E-state index contributed by atoms with van der Waals surface area (Å²) < 4.78 is 10.5. The van der Waals surface area contributed by atoms with Crippen LogP contribution in [0.1, 0.15) is 60.7 Å². The highest BCUT2D eigenvalue weighted by Gasteiger charge is 2.31. The maximum Gasteiger partial charge on any atom is 0.240 e. The summed E-state index contributed by atoms with van der Waals surface area (Å²) in [6, 6.07) is 0.338. The van der Waals surface area contributed by atoms with Crippen LogP contribution < -0.4 is 0 Å². The SMILES string of the molecule is COCCc1noc(CN2CCC[C@@H]2c2nc3c([nH]2)CCCC3)n1. The number of methoxy groups -OCH3 is 1. The highest BCUT2D eigenvalue weighted by Crippen LogP contribution is 2.33. The standard InChI is InChI=1S/C17H25N5O2/c1-23-10-8-15-20-16(24-21-15)11-22-9-4-7-14(22)17-18-12-5-2-3-6-13(12)19-17/h14H,2-11H2,1H3,(H,18,19)/t14-/m1/s1. The highest BCUT2D eigenvalue weighted by atomic mass is 16.5. The second-order valence-corrected chi connectivity index (χ2v) is 6.73. The van der Waals surface area contributed by atoms with Crippen molar-refractivity contribution in [2.75, 3.05) is 20.3 Å². The number of hydrogen-bond donors (Lipinski definition) is 1. The van der Waals surface area contributed by atoms with Gasteiger partial charge in [0, 0.05) is 19.2 Å². The lowest BCUT2D eigenvalue weighted by Gasteiger charge is -2.20. The third-order valence-electron chi connectivity index (χ3n) is 5.03. The molecular formula is C17H25N5O2. The van der Waals surface area contributed by atoms with Crippen LogP contribution in [-0.4, -0.2) is 45.3 Å². The van der Waals surface area contributed by atoms with E-state index in [4.69, 9.17) is 14.2 Å². The Morgan fingerprint density at radius 1 is 1.25 bits per heavy atom. The number of hydrogen-bond acceptors (Lipinski definition) is 6. The molecule has 2 aromatic rings. The molecule has 7 nitrogen and oxygen atoms in total. The molecule has 0 radical (unpaired) electrons. The molecule has 1 fully saturated rings. The Labute approximate surface area is 141 Å². The van der Waals surface area contributed by atoms with E-state index in [0.29, 0.717) is 31.5 Å². The molecule has 2 aromatic heterocycles. The zero-order chi connectivity index (χ0) is 16.4. The molecule has 4 rings (SSSR count). The minimum Gasteiger partial charge on any atom is -0.384 e. The number of aryl methyl sites for hydroxylation is 2. The van der Waals surface area contributed by atoms with Gasteiger partial charge in [0.25, 0.3) is 0 Å². The molecule has 2 aliphatic rings. The summed E-state index contributed by atoms with van der Waals surface area (Å²) in [5, 5.41) is 4.03. The van der Waals surface area contributed by atoms with Gasteiger partial charge >= 0.3 is 0 Å². The van der Waals surface area contributed by atoms with Gasteiger partial charge in [0.1, 0.15) is 5.82 Å². The summed E-state index contributed by atoms with van der Waals surface area (Å²) in [4.78, 5) is 15.4. The van der Waals surface area contributed by atoms with Crippen molar-refractivity contribution in [3.8, 4) is 0 Å². The summed E-state index contributed by atoms with van der Waals surface area (Å²) in [6.07, 6.45) is 7.80. The Balaban J connectivity index is 1.44. The Morgan fingerprint density at radius 2 is 2.17 bits per heavy atom. The Hall–Kier alpha value is -1.73. The zero-order valence-electron chi connectivity index (χ0n) is 14.3. The van der Waals surface area contributed by atoms with Gasteiger partial charge in [-0.05, 0) is 45.1 Å². The van der Waals surface area contributed by atoms with Gasteiger partial charge < -0.3 is 14.2 Å². The van der Waals surface area contributed by atoms with Gasteiger partial charge in [-0.15, -0.1) is 0 Å². The van der Waals surface area contributed by atoms with E-state index in [0.717, 1.165) is 37.5 Å². The molecule has 0 spiro atoms. The van der Waals surface area contributed by atoms with Crippen LogP contribution >= 0.6 is 0 Å². The Bertz CT molecular complexity index is 657. The number of imidazole rings is 1. The molecular weight excluding hydrogens is 306 g/mol. The predicted octanol–water partition coefficient (Wildman–Crippen LogP) is 2.20. The fourth-order valence-electron chi connectivity index (χ4n) is 3.78. The third kappa shape index (κ3) is 3.23. The van der Waals surface area contributed by atoms with Gasteiger partial charge in [-0.1, -0.05) is 5.16 Å². The summed E-state index contributed by atoms with van der Waals surface area (Å²) >= 11 is 0. The van der Waals surface area contributed by atoms with Gasteiger partial charge in [0.2, 0.25) is 5.89 Å². The van der Waals surface area contributed by atoms with Crippen LogP contribution in [0.25, 0.3) is 0 Å². The van der Waals surface area contributed by atoms with Crippen molar-refractivity contribution in [2.24, 2.45) is 0 Å². The fraction of sp³-hybridized carbons (Fsp3) is 0.706. The van der Waals surface area contributed by atoms with Crippen molar-refractivity contribution < 1.29 is 9.26 Å². The molecule has 0 saturated carbocycles. The molecule has 0 aromatic carbocycles. The Kier molecular flexibility index (Phi) is 4.62. The minimum absolute atomic E-state index is 0.338.